The second-order valence-electron chi connectivity index (χ2n) is 6.55. The lowest BCUT2D eigenvalue weighted by atomic mass is 9.98. The monoisotopic (exact) mass is 406 g/mol. The molecule has 0 rings (SSSR count). The largest absolute Gasteiger partial charge is 0.481 e. The quantitative estimate of drug-likeness (QED) is 0.106. The van der Waals surface area contributed by atoms with Crippen LogP contribution in [0.1, 0.15) is 26.7 Å². The summed E-state index contributed by atoms with van der Waals surface area (Å²) >= 11 is 0. The first kappa shape index (κ1) is 26.2. The molecule has 10 heteroatoms. The van der Waals surface area contributed by atoms with Crippen molar-refractivity contribution < 1.29 is 50.1 Å². The van der Waals surface area contributed by atoms with Crippen molar-refractivity contribution in [2.45, 2.75) is 57.2 Å². The van der Waals surface area contributed by atoms with Gasteiger partial charge in [0.1, 0.15) is 31.0 Å². The van der Waals surface area contributed by atoms with Crippen LogP contribution in [0.25, 0.3) is 0 Å². The SMILES string of the molecule is C/C(=C\C=C\CC(C)C(O)CC(=O)O)C(=O)OCC(O)C(O)C(O)C(O)CO. The van der Waals surface area contributed by atoms with Gasteiger partial charge >= 0.3 is 11.9 Å². The summed E-state index contributed by atoms with van der Waals surface area (Å²) in [7, 11) is 0. The first-order chi connectivity index (χ1) is 13.0. The second kappa shape index (κ2) is 13.4. The van der Waals surface area contributed by atoms with E-state index in [9.17, 15) is 35.1 Å². The molecule has 0 spiro atoms. The van der Waals surface area contributed by atoms with Gasteiger partial charge in [0.05, 0.1) is 19.1 Å². The number of aliphatic hydroxyl groups excluding tert-OH is 6. The lowest BCUT2D eigenvalue weighted by Gasteiger charge is -2.25. The van der Waals surface area contributed by atoms with Gasteiger partial charge in [0.2, 0.25) is 0 Å². The highest BCUT2D eigenvalue weighted by atomic mass is 16.5. The molecule has 162 valence electrons. The van der Waals surface area contributed by atoms with Gasteiger partial charge in [0, 0.05) is 5.57 Å². The Kier molecular flexibility index (Phi) is 12.5. The smallest absolute Gasteiger partial charge is 0.333 e. The van der Waals surface area contributed by atoms with E-state index < -0.39 is 55.7 Å². The molecule has 0 aromatic carbocycles. The van der Waals surface area contributed by atoms with Crippen molar-refractivity contribution in [1.82, 2.24) is 0 Å². The van der Waals surface area contributed by atoms with E-state index in [2.05, 4.69) is 0 Å². The predicted octanol–water partition coefficient (Wildman–Crippen LogP) is -1.67. The highest BCUT2D eigenvalue weighted by Gasteiger charge is 2.30. The number of rotatable bonds is 13. The third-order valence-electron chi connectivity index (χ3n) is 4.06. The van der Waals surface area contributed by atoms with Crippen LogP contribution in [0.2, 0.25) is 0 Å². The maximum Gasteiger partial charge on any atom is 0.333 e. The van der Waals surface area contributed by atoms with E-state index in [1.807, 2.05) is 0 Å². The first-order valence-electron chi connectivity index (χ1n) is 8.74. The number of aliphatic hydroxyl groups is 6. The third-order valence-corrected chi connectivity index (χ3v) is 4.06. The number of carbonyl (C=O) groups excluding carboxylic acids is 1. The molecular weight excluding hydrogens is 376 g/mol. The molecular formula is C18H30O10. The van der Waals surface area contributed by atoms with Crippen LogP contribution in [0, 0.1) is 5.92 Å². The fraction of sp³-hybridized carbons (Fsp3) is 0.667. The van der Waals surface area contributed by atoms with Crippen molar-refractivity contribution in [2.75, 3.05) is 13.2 Å². The van der Waals surface area contributed by atoms with Crippen molar-refractivity contribution in [3.8, 4) is 0 Å². The number of carboxylic acids is 1. The van der Waals surface area contributed by atoms with Crippen LogP contribution >= 0.6 is 0 Å². The molecule has 28 heavy (non-hydrogen) atoms. The molecule has 0 aromatic heterocycles. The van der Waals surface area contributed by atoms with E-state index in [1.54, 1.807) is 13.0 Å². The topological polar surface area (TPSA) is 185 Å². The number of esters is 1. The molecule has 6 unspecified atom stereocenters. The number of ether oxygens (including phenoxy) is 1. The van der Waals surface area contributed by atoms with E-state index in [0.29, 0.717) is 6.42 Å². The maximum absolute atomic E-state index is 11.8. The summed E-state index contributed by atoms with van der Waals surface area (Å²) in [6, 6.07) is 0. The van der Waals surface area contributed by atoms with Crippen LogP contribution in [-0.4, -0.2) is 91.4 Å². The van der Waals surface area contributed by atoms with Crippen molar-refractivity contribution in [2.24, 2.45) is 5.92 Å². The van der Waals surface area contributed by atoms with Crippen molar-refractivity contribution >= 4 is 11.9 Å². The van der Waals surface area contributed by atoms with Gasteiger partial charge < -0.3 is 40.5 Å². The summed E-state index contributed by atoms with van der Waals surface area (Å²) in [5.41, 5.74) is 0.174. The Morgan fingerprint density at radius 1 is 1.00 bits per heavy atom. The Morgan fingerprint density at radius 3 is 2.11 bits per heavy atom. The Morgan fingerprint density at radius 2 is 1.57 bits per heavy atom. The first-order valence-corrected chi connectivity index (χ1v) is 8.74. The molecule has 7 N–H and O–H groups in total. The molecule has 0 amide bonds. The van der Waals surface area contributed by atoms with Gasteiger partial charge in [-0.05, 0) is 19.3 Å². The summed E-state index contributed by atoms with van der Waals surface area (Å²) in [5.74, 6) is -2.16. The van der Waals surface area contributed by atoms with Gasteiger partial charge in [0.15, 0.2) is 0 Å². The molecule has 0 heterocycles. The summed E-state index contributed by atoms with van der Waals surface area (Å²) in [6.45, 7) is 1.69. The van der Waals surface area contributed by atoms with Gasteiger partial charge in [-0.25, -0.2) is 4.79 Å². The fourth-order valence-corrected chi connectivity index (χ4v) is 2.05. The van der Waals surface area contributed by atoms with E-state index >= 15 is 0 Å². The fourth-order valence-electron chi connectivity index (χ4n) is 2.05. The minimum Gasteiger partial charge on any atom is -0.481 e. The van der Waals surface area contributed by atoms with Crippen LogP contribution in [0.3, 0.4) is 0 Å². The summed E-state index contributed by atoms with van der Waals surface area (Å²) in [5, 5.41) is 64.9. The third kappa shape index (κ3) is 9.93. The molecule has 6 atom stereocenters. The molecule has 0 fully saturated rings. The predicted molar refractivity (Wildman–Crippen MR) is 97.0 cm³/mol. The van der Waals surface area contributed by atoms with Crippen molar-refractivity contribution in [1.29, 1.82) is 0 Å². The number of carbonyl (C=O) groups is 2. The average molecular weight is 406 g/mol. The zero-order valence-corrected chi connectivity index (χ0v) is 15.9. The van der Waals surface area contributed by atoms with Crippen molar-refractivity contribution in [3.63, 3.8) is 0 Å². The van der Waals surface area contributed by atoms with E-state index in [-0.39, 0.29) is 17.9 Å². The molecule has 0 radical (unpaired) electrons. The maximum atomic E-state index is 11.8. The van der Waals surface area contributed by atoms with Crippen molar-refractivity contribution in [3.05, 3.63) is 23.8 Å². The second-order valence-corrected chi connectivity index (χ2v) is 6.55. The molecule has 10 nitrogen and oxygen atoms in total. The molecule has 0 aromatic rings. The van der Waals surface area contributed by atoms with E-state index in [1.165, 1.54) is 19.1 Å². The molecule has 0 bridgehead atoms. The zero-order valence-electron chi connectivity index (χ0n) is 15.9. The van der Waals surface area contributed by atoms with Gasteiger partial charge in [-0.3, -0.25) is 4.79 Å². The number of hydrogen-bond donors (Lipinski definition) is 7. The molecule has 0 aliphatic rings. The zero-order chi connectivity index (χ0) is 21.9. The lowest BCUT2D eigenvalue weighted by molar-refractivity contribution is -0.152. The Balaban J connectivity index is 4.45. The molecule has 0 aliphatic heterocycles. The number of allylic oxidation sites excluding steroid dienone is 3. The average Bonchev–Trinajstić information content (AvgIpc) is 2.65. The van der Waals surface area contributed by atoms with Crippen LogP contribution in [-0.2, 0) is 14.3 Å². The summed E-state index contributed by atoms with van der Waals surface area (Å²) in [4.78, 5) is 22.3. The van der Waals surface area contributed by atoms with Gasteiger partial charge in [0.25, 0.3) is 0 Å². The van der Waals surface area contributed by atoms with Gasteiger partial charge in [-0.2, -0.15) is 0 Å². The van der Waals surface area contributed by atoms with Crippen LogP contribution in [0.4, 0.5) is 0 Å². The van der Waals surface area contributed by atoms with Crippen LogP contribution in [0.15, 0.2) is 23.8 Å². The highest BCUT2D eigenvalue weighted by Crippen LogP contribution is 2.12. The standard InChI is InChI=1S/C18H30O10/c1-10(12(20)7-15(23)24)5-3-4-6-11(2)18(27)28-9-14(22)17(26)16(25)13(21)8-19/h3-4,6,10,12-14,16-17,19-22,25-26H,5,7-9H2,1-2H3,(H,23,24)/b4-3+,11-6+. The Hall–Kier alpha value is -1.82. The summed E-state index contributed by atoms with van der Waals surface area (Å²) in [6.07, 6.45) is -3.28. The summed E-state index contributed by atoms with van der Waals surface area (Å²) < 4.78 is 4.80. The number of hydrogen-bond acceptors (Lipinski definition) is 9. The van der Waals surface area contributed by atoms with Gasteiger partial charge in [-0.1, -0.05) is 25.2 Å². The molecule has 0 saturated carbocycles. The number of carboxylic acid groups (broad SMARTS) is 1. The molecule has 0 saturated heterocycles. The van der Waals surface area contributed by atoms with E-state index in [0.717, 1.165) is 0 Å². The normalized spacial score (nSPS) is 18.9. The van der Waals surface area contributed by atoms with Crippen LogP contribution in [0.5, 0.6) is 0 Å². The minimum absolute atomic E-state index is 0.174. The van der Waals surface area contributed by atoms with E-state index in [4.69, 9.17) is 14.9 Å². The molecule has 0 aliphatic carbocycles. The van der Waals surface area contributed by atoms with Gasteiger partial charge in [-0.15, -0.1) is 0 Å². The number of aliphatic carboxylic acids is 1. The Labute approximate surface area is 163 Å². The highest BCUT2D eigenvalue weighted by molar-refractivity contribution is 5.88. The van der Waals surface area contributed by atoms with Crippen LogP contribution < -0.4 is 0 Å². The minimum atomic E-state index is -1.82. The Bertz CT molecular complexity index is 544. The lowest BCUT2D eigenvalue weighted by Crippen LogP contribution is -2.47.